The van der Waals surface area contributed by atoms with E-state index in [1.807, 2.05) is 85.1 Å². The Morgan fingerprint density at radius 1 is 0.680 bits per heavy atom. The van der Waals surface area contributed by atoms with Gasteiger partial charge in [-0.15, -0.1) is 11.8 Å². The molecule has 0 aromatic heterocycles. The molecule has 0 heterocycles. The Morgan fingerprint density at radius 3 is 1.72 bits per heavy atom. The van der Waals surface area contributed by atoms with Crippen molar-refractivity contribution >= 4 is 40.5 Å². The minimum absolute atomic E-state index is 0.263. The van der Waals surface area contributed by atoms with E-state index in [-0.39, 0.29) is 6.03 Å². The predicted molar refractivity (Wildman–Crippen MR) is 107 cm³/mol. The van der Waals surface area contributed by atoms with E-state index in [0.29, 0.717) is 0 Å². The molecule has 0 saturated carbocycles. The number of rotatable bonds is 5. The van der Waals surface area contributed by atoms with Crippen LogP contribution in [0.25, 0.3) is 0 Å². The summed E-state index contributed by atoms with van der Waals surface area (Å²) in [5.41, 5.74) is 3.48. The van der Waals surface area contributed by atoms with E-state index in [1.54, 1.807) is 11.8 Å². The van der Waals surface area contributed by atoms with Gasteiger partial charge in [-0.25, -0.2) is 4.79 Å². The highest BCUT2D eigenvalue weighted by Crippen LogP contribution is 2.20. The number of thioether (sulfide) groups is 1. The Bertz CT molecular complexity index is 818. The normalized spacial score (nSPS) is 10.1. The van der Waals surface area contributed by atoms with Crippen LogP contribution in [-0.4, -0.2) is 12.3 Å². The van der Waals surface area contributed by atoms with E-state index in [4.69, 9.17) is 0 Å². The van der Waals surface area contributed by atoms with Crippen LogP contribution in [0.2, 0.25) is 0 Å². The van der Waals surface area contributed by atoms with Gasteiger partial charge in [-0.05, 0) is 66.9 Å². The minimum atomic E-state index is -0.263. The summed E-state index contributed by atoms with van der Waals surface area (Å²) in [5.74, 6) is 0. The predicted octanol–water partition coefficient (Wildman–Crippen LogP) is 5.80. The fraction of sp³-hybridized carbons (Fsp3) is 0.0500. The topological polar surface area (TPSA) is 53.2 Å². The second kappa shape index (κ2) is 8.26. The van der Waals surface area contributed by atoms with E-state index in [2.05, 4.69) is 16.0 Å². The van der Waals surface area contributed by atoms with Crippen molar-refractivity contribution in [3.8, 4) is 0 Å². The molecule has 0 radical (unpaired) electrons. The Balaban J connectivity index is 1.56. The van der Waals surface area contributed by atoms with Crippen molar-refractivity contribution in [3.05, 3.63) is 78.9 Å². The van der Waals surface area contributed by atoms with Gasteiger partial charge < -0.3 is 16.0 Å². The van der Waals surface area contributed by atoms with E-state index in [0.717, 1.165) is 27.6 Å². The number of hydrogen-bond donors (Lipinski definition) is 3. The molecule has 3 aromatic carbocycles. The lowest BCUT2D eigenvalue weighted by atomic mass is 10.2. The van der Waals surface area contributed by atoms with Crippen LogP contribution in [0.1, 0.15) is 0 Å². The van der Waals surface area contributed by atoms with Crippen LogP contribution in [0.4, 0.5) is 27.5 Å². The van der Waals surface area contributed by atoms with Crippen molar-refractivity contribution in [3.63, 3.8) is 0 Å². The van der Waals surface area contributed by atoms with Gasteiger partial charge in [-0.2, -0.15) is 0 Å². The first kappa shape index (κ1) is 16.9. The first-order valence-corrected chi connectivity index (χ1v) is 9.09. The zero-order valence-corrected chi connectivity index (χ0v) is 14.6. The summed E-state index contributed by atoms with van der Waals surface area (Å²) in [5, 5.41) is 8.95. The van der Waals surface area contributed by atoms with Crippen LogP contribution in [0.3, 0.4) is 0 Å². The summed E-state index contributed by atoms with van der Waals surface area (Å²) < 4.78 is 0. The molecule has 0 atom stereocenters. The van der Waals surface area contributed by atoms with Crippen molar-refractivity contribution in [2.75, 3.05) is 22.2 Å². The van der Waals surface area contributed by atoms with E-state index in [1.165, 1.54) is 0 Å². The molecule has 3 N–H and O–H groups in total. The molecule has 5 heteroatoms. The third-order valence-electron chi connectivity index (χ3n) is 3.55. The summed E-state index contributed by atoms with van der Waals surface area (Å²) in [6.07, 6.45) is 2.02. The molecule has 0 fully saturated rings. The van der Waals surface area contributed by atoms with Gasteiger partial charge in [0.2, 0.25) is 0 Å². The van der Waals surface area contributed by atoms with Gasteiger partial charge >= 0.3 is 6.03 Å². The summed E-state index contributed by atoms with van der Waals surface area (Å²) in [7, 11) is 0. The Morgan fingerprint density at radius 2 is 1.16 bits per heavy atom. The monoisotopic (exact) mass is 349 g/mol. The van der Waals surface area contributed by atoms with Gasteiger partial charge in [0.1, 0.15) is 0 Å². The van der Waals surface area contributed by atoms with E-state index < -0.39 is 0 Å². The molecule has 0 aliphatic heterocycles. The van der Waals surface area contributed by atoms with E-state index >= 15 is 0 Å². The van der Waals surface area contributed by atoms with Crippen molar-refractivity contribution in [1.29, 1.82) is 0 Å². The summed E-state index contributed by atoms with van der Waals surface area (Å²) in [6.45, 7) is 0. The number of hydrogen-bond acceptors (Lipinski definition) is 3. The molecule has 0 saturated heterocycles. The van der Waals surface area contributed by atoms with Crippen LogP contribution in [-0.2, 0) is 0 Å². The van der Waals surface area contributed by atoms with Crippen LogP contribution in [0.15, 0.2) is 83.8 Å². The zero-order chi connectivity index (χ0) is 17.5. The average molecular weight is 349 g/mol. The third kappa shape index (κ3) is 5.02. The van der Waals surface area contributed by atoms with Crippen molar-refractivity contribution in [2.45, 2.75) is 4.90 Å². The quantitative estimate of drug-likeness (QED) is 0.511. The fourth-order valence-corrected chi connectivity index (χ4v) is 2.70. The Labute approximate surface area is 151 Å². The molecule has 0 bridgehead atoms. The maximum atomic E-state index is 12.1. The van der Waals surface area contributed by atoms with Crippen molar-refractivity contribution in [1.82, 2.24) is 0 Å². The van der Waals surface area contributed by atoms with E-state index in [9.17, 15) is 4.79 Å². The van der Waals surface area contributed by atoms with Crippen molar-refractivity contribution < 1.29 is 4.79 Å². The van der Waals surface area contributed by atoms with Crippen LogP contribution in [0.5, 0.6) is 0 Å². The van der Waals surface area contributed by atoms with Gasteiger partial charge in [0, 0.05) is 27.6 Å². The molecule has 0 spiro atoms. The lowest BCUT2D eigenvalue weighted by Gasteiger charge is -2.10. The standard InChI is InChI=1S/C20H19N3OS/c1-25-19-13-11-18(12-14-19)23-20(24)22-17-9-7-16(8-10-17)21-15-5-3-2-4-6-15/h2-14,21H,1H3,(H2,22,23,24). The average Bonchev–Trinajstić information content (AvgIpc) is 2.65. The molecule has 0 aliphatic carbocycles. The Kier molecular flexibility index (Phi) is 5.59. The molecule has 4 nitrogen and oxygen atoms in total. The Hall–Kier alpha value is -2.92. The van der Waals surface area contributed by atoms with Gasteiger partial charge in [-0.3, -0.25) is 0 Å². The highest BCUT2D eigenvalue weighted by molar-refractivity contribution is 7.98. The smallest absolute Gasteiger partial charge is 0.323 e. The highest BCUT2D eigenvalue weighted by Gasteiger charge is 2.03. The molecule has 3 rings (SSSR count). The second-order valence-electron chi connectivity index (χ2n) is 5.38. The highest BCUT2D eigenvalue weighted by atomic mass is 32.2. The van der Waals surface area contributed by atoms with Crippen LogP contribution in [0, 0.1) is 0 Å². The number of anilines is 4. The van der Waals surface area contributed by atoms with Gasteiger partial charge in [-0.1, -0.05) is 18.2 Å². The molecular weight excluding hydrogens is 330 g/mol. The maximum absolute atomic E-state index is 12.1. The number of carbonyl (C=O) groups is 1. The van der Waals surface area contributed by atoms with Gasteiger partial charge in [0.05, 0.1) is 0 Å². The summed E-state index contributed by atoms with van der Waals surface area (Å²) in [6, 6.07) is 25.0. The third-order valence-corrected chi connectivity index (χ3v) is 4.30. The number of amides is 2. The van der Waals surface area contributed by atoms with Crippen LogP contribution >= 0.6 is 11.8 Å². The largest absolute Gasteiger partial charge is 0.356 e. The molecule has 0 unspecified atom stereocenters. The fourth-order valence-electron chi connectivity index (χ4n) is 2.29. The lowest BCUT2D eigenvalue weighted by molar-refractivity contribution is 0.262. The number of para-hydroxylation sites is 1. The van der Waals surface area contributed by atoms with Crippen molar-refractivity contribution in [2.24, 2.45) is 0 Å². The number of carbonyl (C=O) groups excluding carboxylic acids is 1. The number of nitrogens with one attached hydrogen (secondary N) is 3. The van der Waals surface area contributed by atoms with Gasteiger partial charge in [0.25, 0.3) is 0 Å². The lowest BCUT2D eigenvalue weighted by Crippen LogP contribution is -2.19. The molecule has 0 aliphatic rings. The SMILES string of the molecule is CSc1ccc(NC(=O)Nc2ccc(Nc3ccccc3)cc2)cc1. The second-order valence-corrected chi connectivity index (χ2v) is 6.26. The minimum Gasteiger partial charge on any atom is -0.356 e. The number of urea groups is 1. The first-order valence-electron chi connectivity index (χ1n) is 7.87. The first-order chi connectivity index (χ1) is 12.2. The summed E-state index contributed by atoms with van der Waals surface area (Å²) >= 11 is 1.67. The molecule has 3 aromatic rings. The van der Waals surface area contributed by atoms with Crippen LogP contribution < -0.4 is 16.0 Å². The van der Waals surface area contributed by atoms with Gasteiger partial charge in [0.15, 0.2) is 0 Å². The number of benzene rings is 3. The maximum Gasteiger partial charge on any atom is 0.323 e. The summed E-state index contributed by atoms with van der Waals surface area (Å²) in [4.78, 5) is 13.2. The molecule has 2 amide bonds. The molecular formula is C20H19N3OS. The zero-order valence-electron chi connectivity index (χ0n) is 13.8. The molecule has 25 heavy (non-hydrogen) atoms. The molecule has 126 valence electrons.